The van der Waals surface area contributed by atoms with Crippen molar-refractivity contribution >= 4 is 0 Å². The van der Waals surface area contributed by atoms with Crippen LogP contribution in [0.4, 0.5) is 0 Å². The first-order valence-corrected chi connectivity index (χ1v) is 9.63. The van der Waals surface area contributed by atoms with Gasteiger partial charge in [-0.1, -0.05) is 25.7 Å². The van der Waals surface area contributed by atoms with Crippen LogP contribution in [0.15, 0.2) is 0 Å². The van der Waals surface area contributed by atoms with Crippen molar-refractivity contribution in [3.8, 4) is 0 Å². The monoisotopic (exact) mass is 292 g/mol. The second kappa shape index (κ2) is 7.46. The molecule has 0 amide bonds. The second-order valence-electron chi connectivity index (χ2n) is 8.24. The molecule has 2 heterocycles. The number of nitrogens with zero attached hydrogens (tertiary/aromatic N) is 2. The maximum absolute atomic E-state index is 2.57. The summed E-state index contributed by atoms with van der Waals surface area (Å²) in [6.45, 7) is 4.08. The molecule has 4 atom stereocenters. The quantitative estimate of drug-likeness (QED) is 0.665. The van der Waals surface area contributed by atoms with Gasteiger partial charge in [0.2, 0.25) is 0 Å². The number of piperidine rings is 2. The molecule has 122 valence electrons. The summed E-state index contributed by atoms with van der Waals surface area (Å²) in [5.74, 6) is 3.22. The normalized spacial score (nSPS) is 40.9. The molecule has 0 aromatic carbocycles. The number of likely N-dealkylation sites (tertiary alicyclic amines) is 2. The van der Waals surface area contributed by atoms with Crippen molar-refractivity contribution in [2.75, 3.05) is 33.7 Å². The lowest BCUT2D eigenvalue weighted by Crippen LogP contribution is -2.39. The zero-order valence-corrected chi connectivity index (χ0v) is 14.4. The van der Waals surface area contributed by atoms with Gasteiger partial charge in [-0.05, 0) is 83.5 Å². The number of fused-ring (bicyclic) bond motifs is 2. The van der Waals surface area contributed by atoms with Crippen LogP contribution < -0.4 is 0 Å². The summed E-state index contributed by atoms with van der Waals surface area (Å²) < 4.78 is 0. The first-order valence-electron chi connectivity index (χ1n) is 9.63. The van der Waals surface area contributed by atoms with Gasteiger partial charge in [-0.2, -0.15) is 0 Å². The van der Waals surface area contributed by atoms with Gasteiger partial charge in [0.25, 0.3) is 0 Å². The molecule has 4 aliphatic rings. The van der Waals surface area contributed by atoms with E-state index >= 15 is 0 Å². The summed E-state index contributed by atoms with van der Waals surface area (Å²) in [6, 6.07) is 0.966. The van der Waals surface area contributed by atoms with Crippen molar-refractivity contribution in [2.24, 2.45) is 17.8 Å². The Bertz CT molecular complexity index is 317. The highest BCUT2D eigenvalue weighted by atomic mass is 15.1. The standard InChI is InChI=1S/C10H19N.C9H17N/c1-11-7-6-9-4-2-3-5-10(9)8-11;1-10-7-3-5-8-4-2-6-9(8)10/h9-10H,2-8H2,1H3;8-9H,2-7H2,1H3. The average molecular weight is 293 g/mol. The van der Waals surface area contributed by atoms with Gasteiger partial charge >= 0.3 is 0 Å². The van der Waals surface area contributed by atoms with Crippen LogP contribution >= 0.6 is 0 Å². The van der Waals surface area contributed by atoms with Crippen molar-refractivity contribution in [2.45, 2.75) is 70.3 Å². The van der Waals surface area contributed by atoms with Gasteiger partial charge in [0.1, 0.15) is 0 Å². The molecular weight excluding hydrogens is 256 g/mol. The van der Waals surface area contributed by atoms with Crippen LogP contribution in [0.1, 0.15) is 64.2 Å². The molecule has 4 rings (SSSR count). The Kier molecular flexibility index (Phi) is 5.61. The molecule has 21 heavy (non-hydrogen) atoms. The fourth-order valence-corrected chi connectivity index (χ4v) is 5.49. The molecule has 2 aliphatic carbocycles. The summed E-state index contributed by atoms with van der Waals surface area (Å²) in [4.78, 5) is 5.08. The molecule has 0 radical (unpaired) electrons. The molecule has 4 fully saturated rings. The molecule has 2 nitrogen and oxygen atoms in total. The van der Waals surface area contributed by atoms with Crippen molar-refractivity contribution in [1.82, 2.24) is 9.80 Å². The average Bonchev–Trinajstić information content (AvgIpc) is 2.98. The fourth-order valence-electron chi connectivity index (χ4n) is 5.49. The Morgan fingerprint density at radius 2 is 1.33 bits per heavy atom. The second-order valence-corrected chi connectivity index (χ2v) is 8.24. The molecule has 0 aromatic heterocycles. The van der Waals surface area contributed by atoms with Gasteiger partial charge in [-0.15, -0.1) is 0 Å². The van der Waals surface area contributed by atoms with E-state index in [0.29, 0.717) is 0 Å². The third kappa shape index (κ3) is 4.01. The van der Waals surface area contributed by atoms with E-state index in [0.717, 1.165) is 23.8 Å². The van der Waals surface area contributed by atoms with Crippen LogP contribution in [0, 0.1) is 17.8 Å². The molecule has 2 aliphatic heterocycles. The zero-order valence-electron chi connectivity index (χ0n) is 14.4. The molecule has 0 N–H and O–H groups in total. The maximum Gasteiger partial charge on any atom is 0.0120 e. The Labute approximate surface area is 132 Å². The minimum atomic E-state index is 0.966. The van der Waals surface area contributed by atoms with Crippen molar-refractivity contribution in [3.63, 3.8) is 0 Å². The number of hydrogen-bond donors (Lipinski definition) is 0. The third-order valence-corrected chi connectivity index (χ3v) is 6.77. The van der Waals surface area contributed by atoms with Gasteiger partial charge in [0.05, 0.1) is 0 Å². The molecule has 2 saturated heterocycles. The van der Waals surface area contributed by atoms with Crippen molar-refractivity contribution in [1.29, 1.82) is 0 Å². The fraction of sp³-hybridized carbons (Fsp3) is 1.00. The van der Waals surface area contributed by atoms with E-state index in [4.69, 9.17) is 0 Å². The van der Waals surface area contributed by atoms with Crippen molar-refractivity contribution in [3.05, 3.63) is 0 Å². The predicted molar refractivity (Wildman–Crippen MR) is 90.6 cm³/mol. The highest BCUT2D eigenvalue weighted by molar-refractivity contribution is 4.87. The van der Waals surface area contributed by atoms with Gasteiger partial charge < -0.3 is 9.80 Å². The van der Waals surface area contributed by atoms with Gasteiger partial charge in [-0.25, -0.2) is 0 Å². The highest BCUT2D eigenvalue weighted by Gasteiger charge is 2.32. The summed E-state index contributed by atoms with van der Waals surface area (Å²) in [5, 5.41) is 0. The predicted octanol–water partition coefficient (Wildman–Crippen LogP) is 4.01. The van der Waals surface area contributed by atoms with E-state index in [9.17, 15) is 0 Å². The molecule has 0 bridgehead atoms. The largest absolute Gasteiger partial charge is 0.306 e. The molecule has 4 unspecified atom stereocenters. The summed E-state index contributed by atoms with van der Waals surface area (Å²) in [6.07, 6.45) is 14.9. The summed E-state index contributed by atoms with van der Waals surface area (Å²) in [5.41, 5.74) is 0. The van der Waals surface area contributed by atoms with Crippen LogP contribution in [-0.2, 0) is 0 Å². The van der Waals surface area contributed by atoms with Crippen LogP contribution in [0.5, 0.6) is 0 Å². The SMILES string of the molecule is CN1CCC2CCCCC2C1.CN1CCCC2CCCC21. The Morgan fingerprint density at radius 3 is 2.14 bits per heavy atom. The van der Waals surface area contributed by atoms with Gasteiger partial charge in [0, 0.05) is 12.6 Å². The molecule has 0 aromatic rings. The smallest absolute Gasteiger partial charge is 0.0120 e. The molecule has 2 saturated carbocycles. The van der Waals surface area contributed by atoms with Crippen LogP contribution in [-0.4, -0.2) is 49.6 Å². The van der Waals surface area contributed by atoms with Crippen molar-refractivity contribution < 1.29 is 0 Å². The Morgan fingerprint density at radius 1 is 0.619 bits per heavy atom. The van der Waals surface area contributed by atoms with Crippen LogP contribution in [0.25, 0.3) is 0 Å². The Balaban J connectivity index is 0.000000126. The zero-order chi connectivity index (χ0) is 14.7. The van der Waals surface area contributed by atoms with E-state index in [1.807, 2.05) is 0 Å². The lowest BCUT2D eigenvalue weighted by molar-refractivity contribution is 0.105. The van der Waals surface area contributed by atoms with E-state index < -0.39 is 0 Å². The van der Waals surface area contributed by atoms with E-state index in [2.05, 4.69) is 23.9 Å². The lowest BCUT2D eigenvalue weighted by atomic mass is 9.75. The summed E-state index contributed by atoms with van der Waals surface area (Å²) >= 11 is 0. The molecule has 0 spiro atoms. The van der Waals surface area contributed by atoms with Gasteiger partial charge in [-0.3, -0.25) is 0 Å². The topological polar surface area (TPSA) is 6.48 Å². The van der Waals surface area contributed by atoms with Crippen LogP contribution in [0.2, 0.25) is 0 Å². The maximum atomic E-state index is 2.57. The Hall–Kier alpha value is -0.0800. The van der Waals surface area contributed by atoms with E-state index in [-0.39, 0.29) is 0 Å². The van der Waals surface area contributed by atoms with Crippen LogP contribution in [0.3, 0.4) is 0 Å². The highest BCUT2D eigenvalue weighted by Crippen LogP contribution is 2.36. The first kappa shape index (κ1) is 15.8. The third-order valence-electron chi connectivity index (χ3n) is 6.77. The first-order chi connectivity index (χ1) is 10.2. The number of rotatable bonds is 0. The minimum absolute atomic E-state index is 0.966. The summed E-state index contributed by atoms with van der Waals surface area (Å²) in [7, 11) is 4.56. The minimum Gasteiger partial charge on any atom is -0.306 e. The molecule has 2 heteroatoms. The lowest BCUT2D eigenvalue weighted by Gasteiger charge is -2.39. The van der Waals surface area contributed by atoms with E-state index in [1.54, 1.807) is 0 Å². The van der Waals surface area contributed by atoms with E-state index in [1.165, 1.54) is 83.8 Å². The number of hydrogen-bond acceptors (Lipinski definition) is 2. The van der Waals surface area contributed by atoms with Gasteiger partial charge in [0.15, 0.2) is 0 Å². The molecular formula is C19H36N2.